The molecule has 0 aromatic carbocycles. The smallest absolute Gasteiger partial charge is 0.407 e. The second-order valence-electron chi connectivity index (χ2n) is 8.25. The number of hydrogen-bond acceptors (Lipinski definition) is 5. The van der Waals surface area contributed by atoms with Crippen molar-refractivity contribution in [2.24, 2.45) is 5.92 Å². The van der Waals surface area contributed by atoms with E-state index in [1.165, 1.54) is 0 Å². The minimum absolute atomic E-state index is 0.0123. The number of carboxylic acid groups (broad SMARTS) is 1. The molecule has 2 aromatic heterocycles. The number of imidazole rings is 1. The number of carbonyl (C=O) groups excluding carboxylic acids is 1. The molecule has 2 N–H and O–H groups in total. The van der Waals surface area contributed by atoms with Gasteiger partial charge in [-0.15, -0.1) is 0 Å². The molecular formula is C20H25BrN4O4. The number of amides is 1. The van der Waals surface area contributed by atoms with Gasteiger partial charge in [0.2, 0.25) is 0 Å². The third kappa shape index (κ3) is 4.95. The lowest BCUT2D eigenvalue weighted by atomic mass is 9.98. The van der Waals surface area contributed by atoms with Crippen molar-refractivity contribution in [3.05, 3.63) is 41.0 Å². The SMILES string of the molecule is CC(C)(C)OC(=O)NCCC[C@H]1C[C@]1(C(=O)O)c1cn(-c2ccc(Br)cn2)cn1. The molecule has 0 spiro atoms. The number of nitrogens with zero attached hydrogens (tertiary/aromatic N) is 3. The number of pyridine rings is 1. The molecule has 2 atom stereocenters. The minimum Gasteiger partial charge on any atom is -0.481 e. The number of carbonyl (C=O) groups is 2. The zero-order chi connectivity index (χ0) is 21.2. The van der Waals surface area contributed by atoms with Gasteiger partial charge in [0.05, 0.1) is 5.69 Å². The highest BCUT2D eigenvalue weighted by Gasteiger charge is 2.62. The molecule has 1 saturated carbocycles. The topological polar surface area (TPSA) is 106 Å². The van der Waals surface area contributed by atoms with Crippen LogP contribution in [0, 0.1) is 5.92 Å². The molecule has 1 aliphatic carbocycles. The Morgan fingerprint density at radius 3 is 2.76 bits per heavy atom. The van der Waals surface area contributed by atoms with E-state index in [2.05, 4.69) is 31.2 Å². The van der Waals surface area contributed by atoms with E-state index in [0.717, 1.165) is 4.47 Å². The summed E-state index contributed by atoms with van der Waals surface area (Å²) in [4.78, 5) is 32.4. The number of alkyl carbamates (subject to hydrolysis) is 1. The Morgan fingerprint density at radius 2 is 2.14 bits per heavy atom. The van der Waals surface area contributed by atoms with Gasteiger partial charge in [0.25, 0.3) is 0 Å². The number of carboxylic acids is 1. The van der Waals surface area contributed by atoms with Crippen LogP contribution in [0.1, 0.15) is 45.7 Å². The standard InChI is InChI=1S/C20H25BrN4O4/c1-19(2,3)29-18(28)22-8-4-5-13-9-20(13,17(26)27)15-11-25(12-24-15)16-7-6-14(21)10-23-16/h6-7,10-13H,4-5,8-9H2,1-3H3,(H,22,28)(H,26,27)/t13-,20+/m0/s1. The number of hydrogen-bond donors (Lipinski definition) is 2. The van der Waals surface area contributed by atoms with E-state index in [-0.39, 0.29) is 5.92 Å². The van der Waals surface area contributed by atoms with Crippen LogP contribution in [0.4, 0.5) is 4.79 Å². The number of aromatic nitrogens is 3. The summed E-state index contributed by atoms with van der Waals surface area (Å²) in [6.07, 6.45) is 6.45. The Kier molecular flexibility index (Phi) is 5.97. The molecular weight excluding hydrogens is 440 g/mol. The van der Waals surface area contributed by atoms with E-state index in [4.69, 9.17) is 4.74 Å². The van der Waals surface area contributed by atoms with Crippen LogP contribution >= 0.6 is 15.9 Å². The minimum atomic E-state index is -0.966. The summed E-state index contributed by atoms with van der Waals surface area (Å²) in [5.41, 5.74) is -0.964. The fraction of sp³-hybridized carbons (Fsp3) is 0.500. The van der Waals surface area contributed by atoms with Crippen LogP contribution < -0.4 is 5.32 Å². The lowest BCUT2D eigenvalue weighted by molar-refractivity contribution is -0.140. The van der Waals surface area contributed by atoms with Crippen LogP contribution in [0.2, 0.25) is 0 Å². The predicted octanol–water partition coefficient (Wildman–Crippen LogP) is 3.68. The molecule has 0 radical (unpaired) electrons. The third-order valence-corrected chi connectivity index (χ3v) is 5.37. The Hall–Kier alpha value is -2.42. The first kappa shape index (κ1) is 21.3. The summed E-state index contributed by atoms with van der Waals surface area (Å²) in [7, 11) is 0. The van der Waals surface area contributed by atoms with Crippen molar-refractivity contribution < 1.29 is 19.4 Å². The molecule has 29 heavy (non-hydrogen) atoms. The van der Waals surface area contributed by atoms with Gasteiger partial charge in [-0.3, -0.25) is 9.36 Å². The summed E-state index contributed by atoms with van der Waals surface area (Å²) in [6, 6.07) is 3.70. The highest BCUT2D eigenvalue weighted by atomic mass is 79.9. The highest BCUT2D eigenvalue weighted by molar-refractivity contribution is 9.10. The van der Waals surface area contributed by atoms with Gasteiger partial charge in [-0.25, -0.2) is 14.8 Å². The maximum atomic E-state index is 12.0. The number of aliphatic carboxylic acids is 1. The van der Waals surface area contributed by atoms with Crippen LogP contribution in [0.15, 0.2) is 35.3 Å². The van der Waals surface area contributed by atoms with E-state index in [1.807, 2.05) is 12.1 Å². The Bertz CT molecular complexity index is 891. The first-order chi connectivity index (χ1) is 13.6. The van der Waals surface area contributed by atoms with Gasteiger partial charge in [-0.1, -0.05) is 0 Å². The molecule has 0 saturated heterocycles. The second-order valence-corrected chi connectivity index (χ2v) is 9.16. The maximum Gasteiger partial charge on any atom is 0.407 e. The molecule has 3 rings (SSSR count). The van der Waals surface area contributed by atoms with E-state index < -0.39 is 23.1 Å². The van der Waals surface area contributed by atoms with E-state index in [1.54, 1.807) is 44.1 Å². The number of ether oxygens (including phenoxy) is 1. The average molecular weight is 465 g/mol. The van der Waals surface area contributed by atoms with Crippen molar-refractivity contribution in [3.8, 4) is 5.82 Å². The quantitative estimate of drug-likeness (QED) is 0.605. The van der Waals surface area contributed by atoms with Crippen LogP contribution in [-0.4, -0.2) is 43.8 Å². The van der Waals surface area contributed by atoms with E-state index >= 15 is 0 Å². The summed E-state index contributed by atoms with van der Waals surface area (Å²) in [5.74, 6) is -0.204. The summed E-state index contributed by atoms with van der Waals surface area (Å²) < 4.78 is 7.79. The fourth-order valence-electron chi connectivity index (χ4n) is 3.42. The summed E-state index contributed by atoms with van der Waals surface area (Å²) in [6.45, 7) is 5.86. The normalized spacial score (nSPS) is 20.9. The second kappa shape index (κ2) is 8.14. The van der Waals surface area contributed by atoms with Gasteiger partial charge in [0, 0.05) is 23.4 Å². The number of halogens is 1. The molecule has 9 heteroatoms. The van der Waals surface area contributed by atoms with Crippen molar-refractivity contribution in [3.63, 3.8) is 0 Å². The predicted molar refractivity (Wildman–Crippen MR) is 110 cm³/mol. The number of rotatable bonds is 7. The van der Waals surface area contributed by atoms with Crippen molar-refractivity contribution >= 4 is 28.0 Å². The van der Waals surface area contributed by atoms with Gasteiger partial charge >= 0.3 is 12.1 Å². The van der Waals surface area contributed by atoms with Gasteiger partial charge in [-0.05, 0) is 74.0 Å². The molecule has 2 heterocycles. The molecule has 1 aliphatic rings. The molecule has 2 aromatic rings. The summed E-state index contributed by atoms with van der Waals surface area (Å²) in [5, 5.41) is 12.6. The Morgan fingerprint density at radius 1 is 1.38 bits per heavy atom. The molecule has 8 nitrogen and oxygen atoms in total. The number of nitrogens with one attached hydrogen (secondary N) is 1. The molecule has 0 aliphatic heterocycles. The first-order valence-electron chi connectivity index (χ1n) is 9.48. The highest BCUT2D eigenvalue weighted by Crippen LogP contribution is 2.56. The zero-order valence-electron chi connectivity index (χ0n) is 16.7. The van der Waals surface area contributed by atoms with Crippen molar-refractivity contribution in [2.45, 2.75) is 51.0 Å². The summed E-state index contributed by atoms with van der Waals surface area (Å²) >= 11 is 3.35. The van der Waals surface area contributed by atoms with Gasteiger partial charge in [-0.2, -0.15) is 0 Å². The lowest BCUT2D eigenvalue weighted by Crippen LogP contribution is -2.33. The Labute approximate surface area is 177 Å². The first-order valence-corrected chi connectivity index (χ1v) is 10.3. The average Bonchev–Trinajstić information content (AvgIpc) is 3.15. The molecule has 1 fully saturated rings. The van der Waals surface area contributed by atoms with Crippen LogP contribution in [0.25, 0.3) is 5.82 Å². The van der Waals surface area contributed by atoms with Crippen molar-refractivity contribution in [2.75, 3.05) is 6.54 Å². The Balaban J connectivity index is 1.58. The van der Waals surface area contributed by atoms with Crippen molar-refractivity contribution in [1.82, 2.24) is 19.9 Å². The molecule has 0 unspecified atom stereocenters. The van der Waals surface area contributed by atoms with Crippen LogP contribution in [-0.2, 0) is 14.9 Å². The fourth-order valence-corrected chi connectivity index (χ4v) is 3.65. The lowest BCUT2D eigenvalue weighted by Gasteiger charge is -2.19. The van der Waals surface area contributed by atoms with Crippen LogP contribution in [0.5, 0.6) is 0 Å². The van der Waals surface area contributed by atoms with Gasteiger partial charge in [0.1, 0.15) is 23.2 Å². The molecule has 1 amide bonds. The van der Waals surface area contributed by atoms with Gasteiger partial charge in [0.15, 0.2) is 0 Å². The van der Waals surface area contributed by atoms with E-state index in [9.17, 15) is 14.7 Å². The van der Waals surface area contributed by atoms with Gasteiger partial charge < -0.3 is 15.2 Å². The maximum absolute atomic E-state index is 12.0. The zero-order valence-corrected chi connectivity index (χ0v) is 18.3. The van der Waals surface area contributed by atoms with E-state index in [0.29, 0.717) is 37.3 Å². The molecule has 0 bridgehead atoms. The molecule has 156 valence electrons. The van der Waals surface area contributed by atoms with Crippen molar-refractivity contribution in [1.29, 1.82) is 0 Å². The monoisotopic (exact) mass is 464 g/mol. The largest absolute Gasteiger partial charge is 0.481 e. The third-order valence-electron chi connectivity index (χ3n) is 4.90. The van der Waals surface area contributed by atoms with Crippen LogP contribution in [0.3, 0.4) is 0 Å².